The third-order valence-electron chi connectivity index (χ3n) is 7.78. The summed E-state index contributed by atoms with van der Waals surface area (Å²) in [6.07, 6.45) is 9.45. The highest BCUT2D eigenvalue weighted by Crippen LogP contribution is 2.61. The van der Waals surface area contributed by atoms with Gasteiger partial charge in [0.15, 0.2) is 4.87 Å². The van der Waals surface area contributed by atoms with Gasteiger partial charge in [-0.3, -0.25) is 9.59 Å². The molecule has 6 fully saturated rings. The topological polar surface area (TPSA) is 49.4 Å². The lowest BCUT2D eigenvalue weighted by Crippen LogP contribution is -2.60. The van der Waals surface area contributed by atoms with Gasteiger partial charge in [-0.05, 0) is 75.0 Å². The van der Waals surface area contributed by atoms with Crippen molar-refractivity contribution in [3.05, 3.63) is 0 Å². The molecular formula is C19H28N2O2S. The standard InChI is InChI=1S/C19H28N2O2S/c1-12(18-9-13-6-14(10-18)8-15(7-13)11-18)20-17(23)19-3-2-16(22)21(19)4-5-24-19/h12-15H,2-11H2,1H3,(H,20,23)/t12-,13?,14?,15?,18?,19+/m0/s1. The fraction of sp³-hybridized carbons (Fsp3) is 0.895. The number of thioether (sulfide) groups is 1. The summed E-state index contributed by atoms with van der Waals surface area (Å²) in [6.45, 7) is 2.98. The zero-order valence-electron chi connectivity index (χ0n) is 14.6. The van der Waals surface area contributed by atoms with Crippen LogP contribution in [0.25, 0.3) is 0 Å². The van der Waals surface area contributed by atoms with Gasteiger partial charge in [-0.1, -0.05) is 0 Å². The normalized spacial score (nSPS) is 47.1. The molecule has 2 amide bonds. The number of rotatable bonds is 3. The second-order valence-electron chi connectivity index (χ2n) is 9.15. The molecule has 2 saturated heterocycles. The van der Waals surface area contributed by atoms with E-state index in [1.54, 1.807) is 11.8 Å². The second kappa shape index (κ2) is 5.15. The van der Waals surface area contributed by atoms with Crippen molar-refractivity contribution >= 4 is 23.6 Å². The molecule has 0 aromatic heterocycles. The SMILES string of the molecule is C[C@H](NC(=O)[C@]12CCC(=O)N1CCS2)C12CC3CC(CC(C3)C1)C2. The van der Waals surface area contributed by atoms with Gasteiger partial charge in [0.1, 0.15) is 0 Å². The first kappa shape index (κ1) is 15.5. The Balaban J connectivity index is 1.35. The molecule has 0 aromatic carbocycles. The summed E-state index contributed by atoms with van der Waals surface area (Å²) < 4.78 is 0. The average molecular weight is 349 g/mol. The molecular weight excluding hydrogens is 320 g/mol. The maximum Gasteiger partial charge on any atom is 0.256 e. The first-order valence-corrected chi connectivity index (χ1v) is 10.7. The van der Waals surface area contributed by atoms with Crippen LogP contribution in [0.1, 0.15) is 58.3 Å². The second-order valence-corrected chi connectivity index (χ2v) is 10.5. The number of hydrogen-bond donors (Lipinski definition) is 1. The summed E-state index contributed by atoms with van der Waals surface area (Å²) in [7, 11) is 0. The molecule has 2 aliphatic heterocycles. The van der Waals surface area contributed by atoms with E-state index in [9.17, 15) is 9.59 Å². The zero-order chi connectivity index (χ0) is 16.5. The number of fused-ring (bicyclic) bond motifs is 1. The van der Waals surface area contributed by atoms with E-state index in [-0.39, 0.29) is 17.9 Å². The number of carbonyl (C=O) groups excluding carboxylic acids is 2. The van der Waals surface area contributed by atoms with Gasteiger partial charge in [-0.15, -0.1) is 11.8 Å². The summed E-state index contributed by atoms with van der Waals surface area (Å²) in [5.74, 6) is 3.87. The van der Waals surface area contributed by atoms with Gasteiger partial charge >= 0.3 is 0 Å². The number of nitrogens with zero attached hydrogens (tertiary/aromatic N) is 1. The van der Waals surface area contributed by atoms with Crippen LogP contribution in [0.5, 0.6) is 0 Å². The van der Waals surface area contributed by atoms with Crippen LogP contribution in [0, 0.1) is 23.2 Å². The highest BCUT2D eigenvalue weighted by molar-refractivity contribution is 8.01. The Morgan fingerprint density at radius 2 is 1.83 bits per heavy atom. The first-order chi connectivity index (χ1) is 11.5. The van der Waals surface area contributed by atoms with Crippen molar-refractivity contribution in [2.75, 3.05) is 12.3 Å². The molecule has 5 heteroatoms. The van der Waals surface area contributed by atoms with Crippen LogP contribution in [0.3, 0.4) is 0 Å². The number of amides is 2. The molecule has 2 atom stereocenters. The molecule has 0 radical (unpaired) electrons. The zero-order valence-corrected chi connectivity index (χ0v) is 15.4. The van der Waals surface area contributed by atoms with Gasteiger partial charge in [0.2, 0.25) is 5.91 Å². The van der Waals surface area contributed by atoms with E-state index in [2.05, 4.69) is 12.2 Å². The van der Waals surface area contributed by atoms with Gasteiger partial charge in [-0.25, -0.2) is 0 Å². The monoisotopic (exact) mass is 348 g/mol. The molecule has 2 heterocycles. The molecule has 24 heavy (non-hydrogen) atoms. The van der Waals surface area contributed by atoms with Crippen LogP contribution < -0.4 is 5.32 Å². The Kier molecular flexibility index (Phi) is 3.33. The maximum atomic E-state index is 13.2. The van der Waals surface area contributed by atoms with Gasteiger partial charge < -0.3 is 10.2 Å². The van der Waals surface area contributed by atoms with Crippen molar-refractivity contribution in [1.29, 1.82) is 0 Å². The molecule has 4 bridgehead atoms. The highest BCUT2D eigenvalue weighted by Gasteiger charge is 2.57. The molecule has 4 aliphatic carbocycles. The lowest BCUT2D eigenvalue weighted by atomic mass is 9.48. The minimum absolute atomic E-state index is 0.110. The summed E-state index contributed by atoms with van der Waals surface area (Å²) in [6, 6.07) is 0.242. The lowest BCUT2D eigenvalue weighted by molar-refractivity contribution is -0.138. The van der Waals surface area contributed by atoms with E-state index < -0.39 is 4.87 Å². The molecule has 6 aliphatic rings. The average Bonchev–Trinajstić information content (AvgIpc) is 3.08. The van der Waals surface area contributed by atoms with Crippen LogP contribution in [0.15, 0.2) is 0 Å². The Hall–Kier alpha value is -0.710. The van der Waals surface area contributed by atoms with E-state index in [1.807, 2.05) is 4.90 Å². The predicted octanol–water partition coefficient (Wildman–Crippen LogP) is 2.77. The molecule has 1 N–H and O–H groups in total. The van der Waals surface area contributed by atoms with Crippen molar-refractivity contribution in [3.63, 3.8) is 0 Å². The summed E-state index contributed by atoms with van der Waals surface area (Å²) >= 11 is 1.68. The van der Waals surface area contributed by atoms with E-state index in [0.29, 0.717) is 18.3 Å². The molecule has 0 aromatic rings. The Morgan fingerprint density at radius 3 is 2.46 bits per heavy atom. The fourth-order valence-corrected chi connectivity index (χ4v) is 8.38. The van der Waals surface area contributed by atoms with Gasteiger partial charge in [0.25, 0.3) is 5.91 Å². The summed E-state index contributed by atoms with van der Waals surface area (Å²) in [5.41, 5.74) is 0.331. The van der Waals surface area contributed by atoms with Gasteiger partial charge in [-0.2, -0.15) is 0 Å². The molecule has 0 unspecified atom stereocenters. The fourth-order valence-electron chi connectivity index (χ4n) is 6.98. The van der Waals surface area contributed by atoms with Crippen molar-refractivity contribution in [2.24, 2.45) is 23.2 Å². The molecule has 4 saturated carbocycles. The smallest absolute Gasteiger partial charge is 0.256 e. The van der Waals surface area contributed by atoms with E-state index >= 15 is 0 Å². The third-order valence-corrected chi connectivity index (χ3v) is 9.25. The number of carbonyl (C=O) groups is 2. The van der Waals surface area contributed by atoms with E-state index in [1.165, 1.54) is 38.5 Å². The highest BCUT2D eigenvalue weighted by atomic mass is 32.2. The Labute approximate surface area is 148 Å². The van der Waals surface area contributed by atoms with Gasteiger partial charge in [0.05, 0.1) is 0 Å². The molecule has 0 spiro atoms. The van der Waals surface area contributed by atoms with Crippen molar-refractivity contribution in [3.8, 4) is 0 Å². The summed E-state index contributed by atoms with van der Waals surface area (Å²) in [4.78, 5) is 26.5. The maximum absolute atomic E-state index is 13.2. The minimum Gasteiger partial charge on any atom is -0.350 e. The summed E-state index contributed by atoms with van der Waals surface area (Å²) in [5, 5.41) is 3.41. The minimum atomic E-state index is -0.590. The van der Waals surface area contributed by atoms with Crippen LogP contribution in [-0.4, -0.2) is 39.9 Å². The molecule has 4 nitrogen and oxygen atoms in total. The number of nitrogens with one attached hydrogen (secondary N) is 1. The van der Waals surface area contributed by atoms with Gasteiger partial charge in [0, 0.05) is 24.8 Å². The largest absolute Gasteiger partial charge is 0.350 e. The van der Waals surface area contributed by atoms with Crippen LogP contribution in [-0.2, 0) is 9.59 Å². The number of hydrogen-bond acceptors (Lipinski definition) is 3. The van der Waals surface area contributed by atoms with Crippen molar-refractivity contribution < 1.29 is 9.59 Å². The van der Waals surface area contributed by atoms with Crippen LogP contribution >= 0.6 is 11.8 Å². The van der Waals surface area contributed by atoms with Crippen molar-refractivity contribution in [1.82, 2.24) is 10.2 Å². The lowest BCUT2D eigenvalue weighted by Gasteiger charge is -2.59. The van der Waals surface area contributed by atoms with Crippen molar-refractivity contribution in [2.45, 2.75) is 69.2 Å². The van der Waals surface area contributed by atoms with E-state index in [4.69, 9.17) is 0 Å². The first-order valence-electron chi connectivity index (χ1n) is 9.76. The Morgan fingerprint density at radius 1 is 1.21 bits per heavy atom. The molecule has 6 rings (SSSR count). The predicted molar refractivity (Wildman–Crippen MR) is 94.3 cm³/mol. The van der Waals surface area contributed by atoms with Crippen LogP contribution in [0.2, 0.25) is 0 Å². The third kappa shape index (κ3) is 2.06. The van der Waals surface area contributed by atoms with E-state index in [0.717, 1.165) is 30.1 Å². The molecule has 132 valence electrons. The Bertz CT molecular complexity index is 557. The quantitative estimate of drug-likeness (QED) is 0.853. The van der Waals surface area contributed by atoms with Crippen LogP contribution in [0.4, 0.5) is 0 Å².